The van der Waals surface area contributed by atoms with Crippen molar-refractivity contribution >= 4 is 23.5 Å². The molecule has 1 aromatic heterocycles. The quantitative estimate of drug-likeness (QED) is 0.850. The van der Waals surface area contributed by atoms with Gasteiger partial charge in [0.2, 0.25) is 5.91 Å². The van der Waals surface area contributed by atoms with Crippen LogP contribution in [0.5, 0.6) is 11.6 Å². The van der Waals surface area contributed by atoms with E-state index in [9.17, 15) is 14.7 Å². The van der Waals surface area contributed by atoms with Gasteiger partial charge < -0.3 is 14.6 Å². The largest absolute Gasteiger partial charge is 0.503 e. The summed E-state index contributed by atoms with van der Waals surface area (Å²) in [4.78, 5) is 31.5. The number of pyridine rings is 1. The molecule has 8 heteroatoms. The highest BCUT2D eigenvalue weighted by Gasteiger charge is 2.36. The molecule has 0 saturated heterocycles. The van der Waals surface area contributed by atoms with Gasteiger partial charge in [-0.05, 0) is 20.8 Å². The predicted octanol–water partition coefficient (Wildman–Crippen LogP) is 2.07. The van der Waals surface area contributed by atoms with E-state index in [1.54, 1.807) is 26.8 Å². The molecule has 0 aromatic carbocycles. The van der Waals surface area contributed by atoms with Gasteiger partial charge in [0.15, 0.2) is 11.6 Å². The normalized spacial score (nSPS) is 14.2. The van der Waals surface area contributed by atoms with Gasteiger partial charge in [-0.2, -0.15) is 4.98 Å². The fourth-order valence-corrected chi connectivity index (χ4v) is 2.24. The van der Waals surface area contributed by atoms with E-state index in [0.717, 1.165) is 4.90 Å². The standard InChI is InChI=1S/C16H21N3O5/c1-6-7-18-12(21)9-19(15(22)24-16(2,3)4)10-8-11(20)14(23-5)17-13(10)18/h6,8,20H,1,7,9H2,2-5H3. The van der Waals surface area contributed by atoms with E-state index in [1.165, 1.54) is 18.1 Å². The van der Waals surface area contributed by atoms with Crippen molar-refractivity contribution in [3.63, 3.8) is 0 Å². The summed E-state index contributed by atoms with van der Waals surface area (Å²) in [6.45, 7) is 8.80. The molecule has 0 radical (unpaired) electrons. The number of anilines is 2. The van der Waals surface area contributed by atoms with Gasteiger partial charge in [0.1, 0.15) is 12.1 Å². The van der Waals surface area contributed by atoms with Crippen LogP contribution in [0.3, 0.4) is 0 Å². The molecule has 8 nitrogen and oxygen atoms in total. The maximum absolute atomic E-state index is 12.4. The zero-order valence-corrected chi connectivity index (χ0v) is 14.2. The molecule has 1 N–H and O–H groups in total. The summed E-state index contributed by atoms with van der Waals surface area (Å²) in [6, 6.07) is 1.33. The molecular formula is C16H21N3O5. The van der Waals surface area contributed by atoms with Crippen LogP contribution >= 0.6 is 0 Å². The number of nitrogens with zero attached hydrogens (tertiary/aromatic N) is 3. The molecule has 2 amide bonds. The van der Waals surface area contributed by atoms with Crippen molar-refractivity contribution in [3.8, 4) is 11.6 Å². The van der Waals surface area contributed by atoms with Crippen molar-refractivity contribution in [1.29, 1.82) is 0 Å². The van der Waals surface area contributed by atoms with E-state index >= 15 is 0 Å². The first-order valence-corrected chi connectivity index (χ1v) is 7.37. The SMILES string of the molecule is C=CCN1C(=O)CN(C(=O)OC(C)(C)C)c2cc(O)c(OC)nc21. The number of carbonyl (C=O) groups is 2. The highest BCUT2D eigenvalue weighted by molar-refractivity contribution is 6.09. The maximum Gasteiger partial charge on any atom is 0.415 e. The number of carbonyl (C=O) groups excluding carboxylic acids is 2. The molecule has 0 fully saturated rings. The Bertz CT molecular complexity index is 681. The van der Waals surface area contributed by atoms with Gasteiger partial charge in [-0.25, -0.2) is 4.79 Å². The number of amides is 2. The van der Waals surface area contributed by atoms with Crippen molar-refractivity contribution in [2.45, 2.75) is 26.4 Å². The molecular weight excluding hydrogens is 314 g/mol. The Morgan fingerprint density at radius 3 is 2.71 bits per heavy atom. The Morgan fingerprint density at radius 1 is 1.50 bits per heavy atom. The van der Waals surface area contributed by atoms with Crippen molar-refractivity contribution in [3.05, 3.63) is 18.7 Å². The molecule has 130 valence electrons. The first kappa shape index (κ1) is 17.6. The second-order valence-electron chi connectivity index (χ2n) is 6.22. The fraction of sp³-hybridized carbons (Fsp3) is 0.438. The summed E-state index contributed by atoms with van der Waals surface area (Å²) in [6.07, 6.45) is 0.855. The number of rotatable bonds is 3. The maximum atomic E-state index is 12.4. The van der Waals surface area contributed by atoms with Crippen molar-refractivity contribution in [2.75, 3.05) is 30.0 Å². The van der Waals surface area contributed by atoms with Gasteiger partial charge in [-0.1, -0.05) is 6.08 Å². The van der Waals surface area contributed by atoms with E-state index in [0.29, 0.717) is 0 Å². The lowest BCUT2D eigenvalue weighted by Gasteiger charge is -2.35. The highest BCUT2D eigenvalue weighted by atomic mass is 16.6. The Hall–Kier alpha value is -2.77. The Balaban J connectivity index is 2.53. The van der Waals surface area contributed by atoms with Crippen LogP contribution in [0.2, 0.25) is 0 Å². The summed E-state index contributed by atoms with van der Waals surface area (Å²) >= 11 is 0. The fourth-order valence-electron chi connectivity index (χ4n) is 2.24. The molecule has 1 aromatic rings. The number of hydrogen-bond acceptors (Lipinski definition) is 6. The average Bonchev–Trinajstić information content (AvgIpc) is 2.47. The smallest absolute Gasteiger partial charge is 0.415 e. The van der Waals surface area contributed by atoms with Crippen molar-refractivity contribution < 1.29 is 24.2 Å². The Morgan fingerprint density at radius 2 is 2.17 bits per heavy atom. The topological polar surface area (TPSA) is 92.2 Å². The first-order valence-electron chi connectivity index (χ1n) is 7.37. The van der Waals surface area contributed by atoms with Crippen LogP contribution in [-0.2, 0) is 9.53 Å². The molecule has 0 bridgehead atoms. The van der Waals surface area contributed by atoms with E-state index < -0.39 is 11.7 Å². The predicted molar refractivity (Wildman–Crippen MR) is 88.6 cm³/mol. The Kier molecular flexibility index (Phi) is 4.68. The number of methoxy groups -OCH3 is 1. The molecule has 0 unspecified atom stereocenters. The highest BCUT2D eigenvalue weighted by Crippen LogP contribution is 2.39. The van der Waals surface area contributed by atoms with Crippen LogP contribution in [0.4, 0.5) is 16.3 Å². The molecule has 0 spiro atoms. The van der Waals surface area contributed by atoms with Crippen LogP contribution in [-0.4, -0.2) is 47.9 Å². The first-order chi connectivity index (χ1) is 11.2. The average molecular weight is 335 g/mol. The second-order valence-corrected chi connectivity index (χ2v) is 6.22. The van der Waals surface area contributed by atoms with E-state index in [1.807, 2.05) is 0 Å². The minimum atomic E-state index is -0.722. The molecule has 0 atom stereocenters. The minimum absolute atomic E-state index is 0.0401. The van der Waals surface area contributed by atoms with Crippen LogP contribution < -0.4 is 14.5 Å². The van der Waals surface area contributed by atoms with Crippen LogP contribution in [0.15, 0.2) is 18.7 Å². The molecule has 0 saturated carbocycles. The van der Waals surface area contributed by atoms with Gasteiger partial charge in [0, 0.05) is 12.6 Å². The molecule has 1 aliphatic heterocycles. The lowest BCUT2D eigenvalue weighted by Crippen LogP contribution is -2.50. The van der Waals surface area contributed by atoms with Crippen LogP contribution in [0, 0.1) is 0 Å². The number of aromatic nitrogens is 1. The van der Waals surface area contributed by atoms with Gasteiger partial charge >= 0.3 is 6.09 Å². The summed E-state index contributed by atoms with van der Waals surface area (Å²) in [5.41, 5.74) is -0.454. The summed E-state index contributed by atoms with van der Waals surface area (Å²) in [5.74, 6) is -0.417. The van der Waals surface area contributed by atoms with Gasteiger partial charge in [-0.3, -0.25) is 14.6 Å². The van der Waals surface area contributed by atoms with E-state index in [4.69, 9.17) is 9.47 Å². The molecule has 2 heterocycles. The number of ether oxygens (including phenoxy) is 2. The Labute approximate surface area is 140 Å². The molecule has 0 aliphatic carbocycles. The zero-order valence-electron chi connectivity index (χ0n) is 14.2. The van der Waals surface area contributed by atoms with E-state index in [-0.39, 0.29) is 42.1 Å². The van der Waals surface area contributed by atoms with Gasteiger partial charge in [-0.15, -0.1) is 6.58 Å². The zero-order chi connectivity index (χ0) is 18.1. The third-order valence-electron chi connectivity index (χ3n) is 3.19. The lowest BCUT2D eigenvalue weighted by molar-refractivity contribution is -0.117. The monoisotopic (exact) mass is 335 g/mol. The number of aromatic hydroxyl groups is 1. The second kappa shape index (κ2) is 6.38. The minimum Gasteiger partial charge on any atom is -0.503 e. The third-order valence-corrected chi connectivity index (χ3v) is 3.19. The third kappa shape index (κ3) is 3.42. The molecule has 24 heavy (non-hydrogen) atoms. The summed E-state index contributed by atoms with van der Waals surface area (Å²) in [5, 5.41) is 9.99. The number of fused-ring (bicyclic) bond motifs is 1. The van der Waals surface area contributed by atoms with E-state index in [2.05, 4.69) is 11.6 Å². The van der Waals surface area contributed by atoms with Crippen LogP contribution in [0.1, 0.15) is 20.8 Å². The van der Waals surface area contributed by atoms with Gasteiger partial charge in [0.25, 0.3) is 5.88 Å². The lowest BCUT2D eigenvalue weighted by atomic mass is 10.2. The summed E-state index contributed by atoms with van der Waals surface area (Å²) in [7, 11) is 1.35. The van der Waals surface area contributed by atoms with Gasteiger partial charge in [0.05, 0.1) is 12.8 Å². The molecule has 1 aliphatic rings. The van der Waals surface area contributed by atoms with Crippen molar-refractivity contribution in [1.82, 2.24) is 4.98 Å². The summed E-state index contributed by atoms with van der Waals surface area (Å²) < 4.78 is 10.3. The molecule has 2 rings (SSSR count). The number of hydrogen-bond donors (Lipinski definition) is 1. The van der Waals surface area contributed by atoms with Crippen molar-refractivity contribution in [2.24, 2.45) is 0 Å². The van der Waals surface area contributed by atoms with Crippen LogP contribution in [0.25, 0.3) is 0 Å².